The smallest absolute Gasteiger partial charge is 0.303 e. The van der Waals surface area contributed by atoms with Crippen LogP contribution in [0.1, 0.15) is 90.2 Å². The van der Waals surface area contributed by atoms with Gasteiger partial charge in [0.1, 0.15) is 12.3 Å². The lowest BCUT2D eigenvalue weighted by atomic mass is 9.77. The first-order chi connectivity index (χ1) is 21.9. The molecular weight excluding hydrogens is 580 g/mol. The number of carboxylic acid groups (broad SMARTS) is 2. The Bertz CT molecular complexity index is 1690. The zero-order valence-corrected chi connectivity index (χ0v) is 27.3. The molecule has 0 amide bonds. The lowest BCUT2D eigenvalue weighted by Gasteiger charge is -2.29. The number of para-hydroxylation sites is 2. The summed E-state index contributed by atoms with van der Waals surface area (Å²) in [5, 5.41) is 29.4. The number of carbonyl (C=O) groups excluding carboxylic acids is 1. The van der Waals surface area contributed by atoms with Gasteiger partial charge in [-0.05, 0) is 57.2 Å². The maximum Gasteiger partial charge on any atom is 0.303 e. The molecule has 3 N–H and O–H groups in total. The zero-order valence-electron chi connectivity index (χ0n) is 27.3. The number of ketones is 1. The lowest BCUT2D eigenvalue weighted by molar-refractivity contribution is -0.438. The number of aliphatic hydroxyl groups is 1. The topological polar surface area (TPSA) is 118 Å². The van der Waals surface area contributed by atoms with Crippen LogP contribution >= 0.6 is 0 Å². The molecule has 0 fully saturated rings. The van der Waals surface area contributed by atoms with Crippen molar-refractivity contribution in [2.24, 2.45) is 0 Å². The molecule has 0 saturated heterocycles. The minimum atomic E-state index is -0.787. The minimum Gasteiger partial charge on any atom is -0.506 e. The van der Waals surface area contributed by atoms with Crippen LogP contribution in [-0.4, -0.2) is 56.4 Å². The molecule has 5 rings (SSSR count). The molecule has 0 spiro atoms. The van der Waals surface area contributed by atoms with Gasteiger partial charge >= 0.3 is 11.9 Å². The van der Waals surface area contributed by atoms with Gasteiger partial charge in [0.25, 0.3) is 0 Å². The van der Waals surface area contributed by atoms with E-state index in [2.05, 4.69) is 61.4 Å². The van der Waals surface area contributed by atoms with Crippen LogP contribution in [0.2, 0.25) is 0 Å². The summed E-state index contributed by atoms with van der Waals surface area (Å²) in [6.07, 6.45) is 8.39. The summed E-state index contributed by atoms with van der Waals surface area (Å²) in [7, 11) is 0. The molecule has 46 heavy (non-hydrogen) atoms. The first kappa shape index (κ1) is 32.9. The third kappa shape index (κ3) is 6.17. The maximum atomic E-state index is 13.8. The number of carboxylic acids is 2. The number of Topliss-reactive ketones (excluding diaryl/α,β-unsaturated/α-hetero) is 1. The van der Waals surface area contributed by atoms with Crippen LogP contribution < -0.4 is 4.90 Å². The molecule has 0 radical (unpaired) electrons. The van der Waals surface area contributed by atoms with Crippen LogP contribution in [0.5, 0.6) is 0 Å². The summed E-state index contributed by atoms with van der Waals surface area (Å²) in [6, 6.07) is 16.4. The molecule has 3 aliphatic rings. The highest BCUT2D eigenvalue weighted by atomic mass is 16.4. The van der Waals surface area contributed by atoms with E-state index in [0.29, 0.717) is 37.1 Å². The average molecular weight is 626 g/mol. The Balaban J connectivity index is 1.46. The van der Waals surface area contributed by atoms with E-state index in [1.165, 1.54) is 0 Å². The summed E-state index contributed by atoms with van der Waals surface area (Å²) >= 11 is 0. The number of rotatable bonds is 14. The number of hydrogen-bond acceptors (Lipinski definition) is 5. The molecular formula is C38H45N2O6+. The van der Waals surface area contributed by atoms with Crippen molar-refractivity contribution in [2.45, 2.75) is 89.9 Å². The number of aliphatic hydroxyl groups excluding tert-OH is 1. The van der Waals surface area contributed by atoms with E-state index in [9.17, 15) is 19.5 Å². The molecule has 8 heteroatoms. The van der Waals surface area contributed by atoms with Gasteiger partial charge in [-0.25, -0.2) is 0 Å². The average Bonchev–Trinajstić information content (AvgIpc) is 3.36. The van der Waals surface area contributed by atoms with Crippen molar-refractivity contribution >= 4 is 34.8 Å². The molecule has 0 saturated carbocycles. The summed E-state index contributed by atoms with van der Waals surface area (Å²) in [5.74, 6) is -1.78. The van der Waals surface area contributed by atoms with Crippen molar-refractivity contribution in [2.75, 3.05) is 18.0 Å². The number of benzene rings is 2. The van der Waals surface area contributed by atoms with Crippen LogP contribution in [0.3, 0.4) is 0 Å². The van der Waals surface area contributed by atoms with Gasteiger partial charge in [0.05, 0.1) is 16.6 Å². The quantitative estimate of drug-likeness (QED) is 0.114. The summed E-state index contributed by atoms with van der Waals surface area (Å²) in [6.45, 7) is 9.87. The van der Waals surface area contributed by atoms with Gasteiger partial charge in [0.15, 0.2) is 5.71 Å². The molecule has 2 heterocycles. The highest BCUT2D eigenvalue weighted by Gasteiger charge is 2.47. The Labute approximate surface area is 271 Å². The third-order valence-electron chi connectivity index (χ3n) is 9.71. The maximum absolute atomic E-state index is 13.8. The monoisotopic (exact) mass is 625 g/mol. The van der Waals surface area contributed by atoms with Gasteiger partial charge < -0.3 is 20.2 Å². The highest BCUT2D eigenvalue weighted by molar-refractivity contribution is 6.24. The number of anilines is 1. The van der Waals surface area contributed by atoms with Gasteiger partial charge in [-0.2, -0.15) is 4.58 Å². The summed E-state index contributed by atoms with van der Waals surface area (Å²) < 4.78 is 2.21. The molecule has 0 bridgehead atoms. The number of unbranched alkanes of at least 4 members (excludes halogenated alkanes) is 4. The van der Waals surface area contributed by atoms with Crippen LogP contribution in [0, 0.1) is 0 Å². The zero-order chi connectivity index (χ0) is 33.2. The van der Waals surface area contributed by atoms with E-state index >= 15 is 0 Å². The summed E-state index contributed by atoms with van der Waals surface area (Å²) in [4.78, 5) is 37.9. The van der Waals surface area contributed by atoms with E-state index in [1.54, 1.807) is 0 Å². The van der Waals surface area contributed by atoms with Crippen molar-refractivity contribution in [1.82, 2.24) is 0 Å². The van der Waals surface area contributed by atoms with E-state index in [4.69, 9.17) is 10.2 Å². The summed E-state index contributed by atoms with van der Waals surface area (Å²) in [5.41, 5.74) is 6.11. The number of aliphatic carboxylic acids is 2. The van der Waals surface area contributed by atoms with Crippen LogP contribution in [-0.2, 0) is 25.2 Å². The molecule has 2 aliphatic heterocycles. The van der Waals surface area contributed by atoms with Gasteiger partial charge in [0, 0.05) is 60.3 Å². The lowest BCUT2D eigenvalue weighted by Crippen LogP contribution is -2.32. The predicted molar refractivity (Wildman–Crippen MR) is 179 cm³/mol. The van der Waals surface area contributed by atoms with Gasteiger partial charge in [-0.3, -0.25) is 14.4 Å². The van der Waals surface area contributed by atoms with Crippen molar-refractivity contribution < 1.29 is 34.3 Å². The molecule has 0 aromatic heterocycles. The fraction of sp³-hybridized carbons (Fsp3) is 0.421. The molecule has 0 unspecified atom stereocenters. The van der Waals surface area contributed by atoms with E-state index in [1.807, 2.05) is 36.4 Å². The van der Waals surface area contributed by atoms with Gasteiger partial charge in [0.2, 0.25) is 11.5 Å². The Hall–Kier alpha value is -4.46. The van der Waals surface area contributed by atoms with Crippen LogP contribution in [0.15, 0.2) is 83.3 Å². The van der Waals surface area contributed by atoms with E-state index < -0.39 is 22.8 Å². The fourth-order valence-electron chi connectivity index (χ4n) is 7.11. The molecule has 2 aromatic rings. The SMILES string of the molecule is CC1(C)C(C=C2C(=O)C(/C=C3/N(CCCCCC(=O)O)c4ccccc4C3(C)C)=C2O)=[N+](CCCCCC(=O)O)c2ccccc21. The van der Waals surface area contributed by atoms with E-state index in [0.717, 1.165) is 59.6 Å². The Morgan fingerprint density at radius 1 is 0.783 bits per heavy atom. The standard InChI is InChI=1S/C38H44N2O6/c1-37(2)27-15-9-11-17-29(27)39(21-13-5-7-19-33(41)42)31(37)23-25-35(45)26(36(25)46)24-32-38(3,4)28-16-10-12-18-30(28)40(32)22-14-6-8-20-34(43)44/h9-12,15-18,23-24H,5-8,13-14,19-22H2,1-4H3,(H2-,41,42,43,44,45,46)/p+1. The van der Waals surface area contributed by atoms with Crippen molar-refractivity contribution in [3.63, 3.8) is 0 Å². The highest BCUT2D eigenvalue weighted by Crippen LogP contribution is 2.49. The second-order valence-electron chi connectivity index (χ2n) is 13.6. The third-order valence-corrected chi connectivity index (χ3v) is 9.71. The second-order valence-corrected chi connectivity index (χ2v) is 13.6. The van der Waals surface area contributed by atoms with E-state index in [-0.39, 0.29) is 24.4 Å². The fourth-order valence-corrected chi connectivity index (χ4v) is 7.11. The molecule has 1 aliphatic carbocycles. The number of allylic oxidation sites excluding steroid dienone is 5. The van der Waals surface area contributed by atoms with Crippen molar-refractivity contribution in [3.8, 4) is 0 Å². The number of fused-ring (bicyclic) bond motifs is 2. The predicted octanol–water partition coefficient (Wildman–Crippen LogP) is 7.36. The van der Waals surface area contributed by atoms with Gasteiger partial charge in [-0.1, -0.05) is 56.7 Å². The Morgan fingerprint density at radius 2 is 1.39 bits per heavy atom. The number of carbonyl (C=O) groups is 3. The van der Waals surface area contributed by atoms with Crippen LogP contribution in [0.25, 0.3) is 0 Å². The largest absolute Gasteiger partial charge is 0.506 e. The molecule has 8 nitrogen and oxygen atoms in total. The Morgan fingerprint density at radius 3 is 2.04 bits per heavy atom. The number of hydrogen-bond donors (Lipinski definition) is 3. The number of nitrogens with zero attached hydrogens (tertiary/aromatic N) is 2. The normalized spacial score (nSPS) is 19.6. The second kappa shape index (κ2) is 13.1. The van der Waals surface area contributed by atoms with Crippen LogP contribution in [0.4, 0.5) is 11.4 Å². The molecule has 2 aromatic carbocycles. The molecule has 242 valence electrons. The first-order valence-corrected chi connectivity index (χ1v) is 16.3. The van der Waals surface area contributed by atoms with Crippen molar-refractivity contribution in [3.05, 3.63) is 94.4 Å². The molecule has 0 atom stereocenters. The van der Waals surface area contributed by atoms with Crippen molar-refractivity contribution in [1.29, 1.82) is 0 Å². The minimum absolute atomic E-state index is 0.00803. The Kier molecular flexibility index (Phi) is 9.38. The van der Waals surface area contributed by atoms with Gasteiger partial charge in [-0.15, -0.1) is 0 Å². The first-order valence-electron chi connectivity index (χ1n) is 16.3.